The van der Waals surface area contributed by atoms with Crippen LogP contribution >= 0.6 is 0 Å². The van der Waals surface area contributed by atoms with Crippen LogP contribution in [-0.2, 0) is 18.9 Å². The van der Waals surface area contributed by atoms with Crippen LogP contribution in [0.3, 0.4) is 0 Å². The van der Waals surface area contributed by atoms with Crippen molar-refractivity contribution in [3.63, 3.8) is 0 Å². The van der Waals surface area contributed by atoms with Gasteiger partial charge in [-0.3, -0.25) is 4.90 Å². The Morgan fingerprint density at radius 1 is 1.39 bits per heavy atom. The van der Waals surface area contributed by atoms with Gasteiger partial charge in [-0.1, -0.05) is 0 Å². The highest BCUT2D eigenvalue weighted by atomic mass is 16.8. The van der Waals surface area contributed by atoms with Gasteiger partial charge in [-0.2, -0.15) is 5.26 Å². The molecule has 9 nitrogen and oxygen atoms in total. The number of aromatic nitrogens is 1. The number of likely N-dealkylation sites (tertiary alicyclic amines) is 1. The highest BCUT2D eigenvalue weighted by molar-refractivity contribution is 5.72. The van der Waals surface area contributed by atoms with Crippen molar-refractivity contribution < 1.29 is 23.7 Å². The van der Waals surface area contributed by atoms with Crippen molar-refractivity contribution in [2.24, 2.45) is 0 Å². The van der Waals surface area contributed by atoms with Crippen LogP contribution in [0.25, 0.3) is 0 Å². The summed E-state index contributed by atoms with van der Waals surface area (Å²) in [5.74, 6) is -0.817. The van der Waals surface area contributed by atoms with E-state index in [1.807, 2.05) is 19.9 Å². The average Bonchev–Trinajstić information content (AvgIpc) is 3.16. The lowest BCUT2D eigenvalue weighted by Crippen LogP contribution is -2.47. The second-order valence-corrected chi connectivity index (χ2v) is 8.56. The summed E-state index contributed by atoms with van der Waals surface area (Å²) in [6, 6.07) is 1.00. The number of hydrogen-bond donors (Lipinski definition) is 2. The van der Waals surface area contributed by atoms with Gasteiger partial charge in [-0.25, -0.2) is 4.79 Å². The van der Waals surface area contributed by atoms with Gasteiger partial charge in [0.2, 0.25) is 0 Å². The molecule has 0 spiro atoms. The Bertz CT molecular complexity index is 791. The van der Waals surface area contributed by atoms with Gasteiger partial charge in [0.25, 0.3) is 0 Å². The molecule has 4 atom stereocenters. The molecule has 154 valence electrons. The van der Waals surface area contributed by atoms with Crippen molar-refractivity contribution in [2.45, 2.75) is 70.3 Å². The molecule has 1 aromatic heterocycles. The lowest BCUT2D eigenvalue weighted by Gasteiger charge is -2.35. The Balaban J connectivity index is 2.08. The maximum Gasteiger partial charge on any atom is 0.411 e. The van der Waals surface area contributed by atoms with Crippen molar-refractivity contribution in [1.29, 1.82) is 5.26 Å². The van der Waals surface area contributed by atoms with Gasteiger partial charge < -0.3 is 29.7 Å². The van der Waals surface area contributed by atoms with Gasteiger partial charge in [0, 0.05) is 18.9 Å². The molecule has 2 aliphatic rings. The molecular formula is C19H28N4O5. The summed E-state index contributed by atoms with van der Waals surface area (Å²) < 4.78 is 23.3. The number of nitrogens with zero attached hydrogens (tertiary/aromatic N) is 2. The molecule has 28 heavy (non-hydrogen) atoms. The van der Waals surface area contributed by atoms with Gasteiger partial charge in [0.05, 0.1) is 24.4 Å². The van der Waals surface area contributed by atoms with E-state index in [4.69, 9.17) is 24.7 Å². The Kier molecular flexibility index (Phi) is 5.08. The zero-order chi connectivity index (χ0) is 20.9. The minimum Gasteiger partial charge on any atom is -0.444 e. The number of nitriles is 1. The van der Waals surface area contributed by atoms with Crippen molar-refractivity contribution >= 4 is 11.8 Å². The maximum atomic E-state index is 13.1. The van der Waals surface area contributed by atoms with Crippen molar-refractivity contribution in [2.75, 3.05) is 19.5 Å². The summed E-state index contributed by atoms with van der Waals surface area (Å²) in [6.07, 6.45) is 0.217. The van der Waals surface area contributed by atoms with Crippen molar-refractivity contribution in [3.05, 3.63) is 17.5 Å². The first-order valence-electron chi connectivity index (χ1n) is 9.22. The summed E-state index contributed by atoms with van der Waals surface area (Å²) in [5, 5.41) is 9.27. The van der Waals surface area contributed by atoms with Gasteiger partial charge in [0.15, 0.2) is 5.79 Å². The molecule has 0 aliphatic carbocycles. The zero-order valence-corrected chi connectivity index (χ0v) is 17.1. The monoisotopic (exact) mass is 392 g/mol. The molecule has 0 unspecified atom stereocenters. The van der Waals surface area contributed by atoms with Gasteiger partial charge in [-0.15, -0.1) is 0 Å². The fourth-order valence-corrected chi connectivity index (χ4v) is 3.91. The predicted octanol–water partition coefficient (Wildman–Crippen LogP) is 2.30. The molecule has 2 aliphatic heterocycles. The molecule has 3 heterocycles. The number of carbonyl (C=O) groups excluding carboxylic acids is 1. The highest BCUT2D eigenvalue weighted by Gasteiger charge is 2.60. The summed E-state index contributed by atoms with van der Waals surface area (Å²) in [5.41, 5.74) is 6.63. The van der Waals surface area contributed by atoms with E-state index in [0.29, 0.717) is 5.56 Å². The van der Waals surface area contributed by atoms with Gasteiger partial charge >= 0.3 is 6.09 Å². The van der Waals surface area contributed by atoms with Crippen LogP contribution in [0.1, 0.15) is 51.9 Å². The molecule has 0 saturated carbocycles. The predicted molar refractivity (Wildman–Crippen MR) is 100 cm³/mol. The van der Waals surface area contributed by atoms with Crippen LogP contribution in [0, 0.1) is 11.3 Å². The SMILES string of the molecule is COC[C@@H]1[C@H]2OC(C)(C)O[C@H]2[C@H](c2c[nH]c(C#N)c2N)N1C(=O)OC(C)(C)C. The first kappa shape index (κ1) is 20.5. The van der Waals surface area contributed by atoms with E-state index in [1.54, 1.807) is 39.0 Å². The Labute approximate surface area is 164 Å². The van der Waals surface area contributed by atoms with E-state index in [2.05, 4.69) is 4.98 Å². The molecule has 9 heteroatoms. The number of rotatable bonds is 3. The molecule has 0 bridgehead atoms. The molecule has 1 aromatic rings. The molecule has 0 aromatic carbocycles. The average molecular weight is 392 g/mol. The zero-order valence-electron chi connectivity index (χ0n) is 17.1. The summed E-state index contributed by atoms with van der Waals surface area (Å²) >= 11 is 0. The number of fused-ring (bicyclic) bond motifs is 1. The first-order valence-corrected chi connectivity index (χ1v) is 9.22. The number of nitrogens with two attached hydrogens (primary N) is 1. The number of ether oxygens (including phenoxy) is 4. The van der Waals surface area contributed by atoms with Crippen LogP contribution in [0.4, 0.5) is 10.5 Å². The van der Waals surface area contributed by atoms with E-state index >= 15 is 0 Å². The normalized spacial score (nSPS) is 28.8. The van der Waals surface area contributed by atoms with Crippen LogP contribution in [0.15, 0.2) is 6.20 Å². The molecule has 0 radical (unpaired) electrons. The second kappa shape index (κ2) is 6.95. The third kappa shape index (κ3) is 3.55. The van der Waals surface area contributed by atoms with Crippen LogP contribution in [-0.4, -0.2) is 59.3 Å². The number of methoxy groups -OCH3 is 1. The Morgan fingerprint density at radius 2 is 2.04 bits per heavy atom. The molecule has 3 rings (SSSR count). The summed E-state index contributed by atoms with van der Waals surface area (Å²) in [6.45, 7) is 9.30. The van der Waals surface area contributed by atoms with Crippen molar-refractivity contribution in [1.82, 2.24) is 9.88 Å². The van der Waals surface area contributed by atoms with E-state index in [0.717, 1.165) is 0 Å². The number of nitrogens with one attached hydrogen (secondary N) is 1. The smallest absolute Gasteiger partial charge is 0.411 e. The minimum absolute atomic E-state index is 0.240. The molecule has 2 saturated heterocycles. The van der Waals surface area contributed by atoms with Crippen LogP contribution in [0.5, 0.6) is 0 Å². The number of nitrogen functional groups attached to an aromatic ring is 1. The Hall–Kier alpha value is -2.28. The fraction of sp³-hybridized carbons (Fsp3) is 0.684. The third-order valence-electron chi connectivity index (χ3n) is 4.84. The summed E-state index contributed by atoms with van der Waals surface area (Å²) in [4.78, 5) is 17.6. The van der Waals surface area contributed by atoms with Gasteiger partial charge in [-0.05, 0) is 34.6 Å². The van der Waals surface area contributed by atoms with Crippen molar-refractivity contribution in [3.8, 4) is 6.07 Å². The number of hydrogen-bond acceptors (Lipinski definition) is 7. The van der Waals surface area contributed by atoms with Crippen LogP contribution in [0.2, 0.25) is 0 Å². The number of aromatic amines is 1. The number of H-pyrrole nitrogens is 1. The van der Waals surface area contributed by atoms with E-state index in [1.165, 1.54) is 0 Å². The standard InChI is InChI=1S/C19H28N4O5/c1-18(2,3)28-17(24)23-12(9-25-6)15-16(27-19(4,5)26-15)14(23)10-8-22-11(7-20)13(10)21/h8,12,14-16,22H,9,21H2,1-6H3/t12-,14+,15-,16+/m1/s1. The third-order valence-corrected chi connectivity index (χ3v) is 4.84. The van der Waals surface area contributed by atoms with Crippen LogP contribution < -0.4 is 5.73 Å². The number of amides is 1. The number of carbonyl (C=O) groups is 1. The number of anilines is 1. The minimum atomic E-state index is -0.817. The lowest BCUT2D eigenvalue weighted by atomic mass is 10.0. The van der Waals surface area contributed by atoms with Gasteiger partial charge in [0.1, 0.15) is 29.6 Å². The molecule has 2 fully saturated rings. The first-order chi connectivity index (χ1) is 13.0. The molecule has 1 amide bonds. The maximum absolute atomic E-state index is 13.1. The molecule has 3 N–H and O–H groups in total. The molecular weight excluding hydrogens is 364 g/mol. The second-order valence-electron chi connectivity index (χ2n) is 8.56. The highest BCUT2D eigenvalue weighted by Crippen LogP contribution is 2.49. The van der Waals surface area contributed by atoms with E-state index in [-0.39, 0.29) is 18.0 Å². The topological polar surface area (TPSA) is 123 Å². The van der Waals surface area contributed by atoms with E-state index in [9.17, 15) is 10.1 Å². The largest absolute Gasteiger partial charge is 0.444 e. The lowest BCUT2D eigenvalue weighted by molar-refractivity contribution is -0.169. The Morgan fingerprint density at radius 3 is 2.57 bits per heavy atom. The van der Waals surface area contributed by atoms with E-state index < -0.39 is 41.8 Å². The fourth-order valence-electron chi connectivity index (χ4n) is 3.91. The summed E-state index contributed by atoms with van der Waals surface area (Å²) in [7, 11) is 1.56. The quantitative estimate of drug-likeness (QED) is 0.809.